The van der Waals surface area contributed by atoms with Gasteiger partial charge in [0.25, 0.3) is 5.60 Å². The summed E-state index contributed by atoms with van der Waals surface area (Å²) in [5.74, 6) is -0.323. The molecule has 4 nitrogen and oxygen atoms in total. The van der Waals surface area contributed by atoms with Crippen molar-refractivity contribution in [3.63, 3.8) is 0 Å². The molecule has 1 aromatic heterocycles. The maximum Gasteiger partial charge on any atom is 0.430 e. The van der Waals surface area contributed by atoms with Crippen LogP contribution < -0.4 is 0 Å². The molecule has 3 aromatic rings. The lowest BCUT2D eigenvalue weighted by molar-refractivity contribution is -0.347. The molecule has 0 aliphatic rings. The number of aliphatic hydroxyl groups is 1. The van der Waals surface area contributed by atoms with Crippen molar-refractivity contribution in [1.29, 1.82) is 0 Å². The molecule has 232 valence electrons. The van der Waals surface area contributed by atoms with Crippen molar-refractivity contribution in [2.45, 2.75) is 77.2 Å². The molecule has 0 aliphatic heterocycles. The zero-order valence-electron chi connectivity index (χ0n) is 24.7. The van der Waals surface area contributed by atoms with Crippen LogP contribution in [-0.2, 0) is 21.4 Å². The first-order valence-electron chi connectivity index (χ1n) is 13.9. The van der Waals surface area contributed by atoms with Gasteiger partial charge in [-0.15, -0.1) is 0 Å². The van der Waals surface area contributed by atoms with E-state index in [2.05, 4.69) is 11.1 Å². The second-order valence-electron chi connectivity index (χ2n) is 10.5. The van der Waals surface area contributed by atoms with Crippen molar-refractivity contribution < 1.29 is 41.0 Å². The highest BCUT2D eigenvalue weighted by molar-refractivity contribution is 5.73. The first-order valence-corrected chi connectivity index (χ1v) is 13.9. The molecule has 0 bridgehead atoms. The Labute approximate surface area is 247 Å². The van der Waals surface area contributed by atoms with Gasteiger partial charge in [-0.25, -0.2) is 0 Å². The highest BCUT2D eigenvalue weighted by atomic mass is 19.4. The van der Waals surface area contributed by atoms with Gasteiger partial charge in [-0.1, -0.05) is 62.4 Å². The lowest BCUT2D eigenvalue weighted by Crippen LogP contribution is -2.55. The summed E-state index contributed by atoms with van der Waals surface area (Å²) in [7, 11) is 0. The number of hydrogen-bond acceptors (Lipinski definition) is 4. The van der Waals surface area contributed by atoms with E-state index in [-0.39, 0.29) is 24.0 Å². The number of ether oxygens (including phenoxy) is 1. The fourth-order valence-corrected chi connectivity index (χ4v) is 5.27. The number of alkyl halides is 6. The molecule has 0 saturated carbocycles. The highest BCUT2D eigenvalue weighted by Crippen LogP contribution is 2.45. The van der Waals surface area contributed by atoms with Crippen molar-refractivity contribution >= 4 is 12.0 Å². The Morgan fingerprint density at radius 3 is 1.91 bits per heavy atom. The molecule has 0 amide bonds. The van der Waals surface area contributed by atoms with Gasteiger partial charge in [0.15, 0.2) is 0 Å². The molecular weight excluding hydrogens is 572 g/mol. The van der Waals surface area contributed by atoms with Crippen LogP contribution in [0, 0.1) is 13.8 Å². The molecule has 43 heavy (non-hydrogen) atoms. The molecular formula is C33H35F6NO3. The van der Waals surface area contributed by atoms with Gasteiger partial charge < -0.3 is 9.84 Å². The summed E-state index contributed by atoms with van der Waals surface area (Å²) in [5.41, 5.74) is 0.362. The molecule has 0 aliphatic carbocycles. The first-order chi connectivity index (χ1) is 20.0. The summed E-state index contributed by atoms with van der Waals surface area (Å²) in [6.45, 7) is 9.66. The van der Waals surface area contributed by atoms with E-state index in [9.17, 15) is 36.2 Å². The van der Waals surface area contributed by atoms with Gasteiger partial charge >= 0.3 is 18.3 Å². The molecule has 0 radical (unpaired) electrons. The summed E-state index contributed by atoms with van der Waals surface area (Å²) >= 11 is 0. The largest absolute Gasteiger partial charge is 0.466 e. The Kier molecular flexibility index (Phi) is 10.2. The van der Waals surface area contributed by atoms with Crippen LogP contribution in [0.4, 0.5) is 26.3 Å². The van der Waals surface area contributed by atoms with Gasteiger partial charge in [-0.3, -0.25) is 9.78 Å². The van der Waals surface area contributed by atoms with E-state index in [0.717, 1.165) is 33.5 Å². The Bertz CT molecular complexity index is 1440. The number of carbonyl (C=O) groups excluding carboxylic acids is 1. The van der Waals surface area contributed by atoms with E-state index >= 15 is 0 Å². The number of hydrogen-bond donors (Lipinski definition) is 1. The zero-order chi connectivity index (χ0) is 32.2. The van der Waals surface area contributed by atoms with Crippen LogP contribution in [0.25, 0.3) is 17.3 Å². The number of esters is 1. The molecule has 0 unspecified atom stereocenters. The molecule has 1 heterocycles. The van der Waals surface area contributed by atoms with Gasteiger partial charge in [0, 0.05) is 17.2 Å². The average Bonchev–Trinajstić information content (AvgIpc) is 2.93. The fourth-order valence-electron chi connectivity index (χ4n) is 5.27. The van der Waals surface area contributed by atoms with Crippen molar-refractivity contribution in [3.8, 4) is 11.3 Å². The van der Waals surface area contributed by atoms with E-state index < -0.39 is 23.4 Å². The van der Waals surface area contributed by atoms with E-state index in [1.165, 1.54) is 6.07 Å². The topological polar surface area (TPSA) is 59.4 Å². The maximum atomic E-state index is 13.1. The lowest BCUT2D eigenvalue weighted by atomic mass is 9.69. The third kappa shape index (κ3) is 6.95. The average molecular weight is 608 g/mol. The summed E-state index contributed by atoms with van der Waals surface area (Å²) in [6, 6.07) is 14.6. The summed E-state index contributed by atoms with van der Waals surface area (Å²) in [5, 5.41) is 9.48. The highest BCUT2D eigenvalue weighted by Gasteiger charge is 2.68. The van der Waals surface area contributed by atoms with Crippen molar-refractivity contribution in [2.24, 2.45) is 0 Å². The van der Waals surface area contributed by atoms with Crippen LogP contribution in [-0.4, -0.2) is 40.6 Å². The fraction of sp³-hybridized carbons (Fsp3) is 0.394. The molecule has 10 heteroatoms. The zero-order valence-corrected chi connectivity index (χ0v) is 24.7. The second kappa shape index (κ2) is 12.9. The second-order valence-corrected chi connectivity index (χ2v) is 10.5. The van der Waals surface area contributed by atoms with E-state index in [4.69, 9.17) is 4.74 Å². The van der Waals surface area contributed by atoms with Crippen molar-refractivity contribution in [3.05, 3.63) is 94.2 Å². The molecule has 0 spiro atoms. The molecule has 0 saturated heterocycles. The van der Waals surface area contributed by atoms with Crippen LogP contribution in [0.15, 0.2) is 60.8 Å². The Hall–Kier alpha value is -3.66. The first kappa shape index (κ1) is 33.8. The van der Waals surface area contributed by atoms with E-state index in [1.807, 2.05) is 45.0 Å². The standard InChI is InChI=1S/C33H35F6NO3/c1-6-30(7-2,25-11-10-24(21(4)17-25)15-16-31(42,32(34,35)36)33(37,38)39)26-12-13-27(22(5)18-26)28-14-9-23(20-40-28)19-29(41)43-8-3/h9-18,20,42H,6-8,19H2,1-5H3. The van der Waals surface area contributed by atoms with Crippen molar-refractivity contribution in [1.82, 2.24) is 4.98 Å². The number of rotatable bonds is 10. The predicted octanol–water partition coefficient (Wildman–Crippen LogP) is 8.45. The van der Waals surface area contributed by atoms with Crippen molar-refractivity contribution in [2.75, 3.05) is 6.61 Å². The normalized spacial score (nSPS) is 13.0. The number of carbonyl (C=O) groups is 1. The third-order valence-electron chi connectivity index (χ3n) is 7.93. The number of pyridine rings is 1. The Morgan fingerprint density at radius 2 is 1.44 bits per heavy atom. The van der Waals surface area contributed by atoms with E-state index in [0.29, 0.717) is 31.1 Å². The van der Waals surface area contributed by atoms with Crippen LogP contribution in [0.5, 0.6) is 0 Å². The Balaban J connectivity index is 1.95. The minimum absolute atomic E-state index is 0.126. The van der Waals surface area contributed by atoms with Gasteiger partial charge in [-0.05, 0) is 79.1 Å². The van der Waals surface area contributed by atoms with Crippen LogP contribution in [0.1, 0.15) is 67.0 Å². The van der Waals surface area contributed by atoms with Crippen LogP contribution in [0.2, 0.25) is 0 Å². The molecule has 0 fully saturated rings. The van der Waals surface area contributed by atoms with E-state index in [1.54, 1.807) is 32.2 Å². The van der Waals surface area contributed by atoms with Crippen LogP contribution in [0.3, 0.4) is 0 Å². The third-order valence-corrected chi connectivity index (χ3v) is 7.93. The molecule has 3 rings (SSSR count). The maximum absolute atomic E-state index is 13.1. The number of benzene rings is 2. The van der Waals surface area contributed by atoms with Crippen LogP contribution >= 0.6 is 0 Å². The van der Waals surface area contributed by atoms with Gasteiger partial charge in [0.05, 0.1) is 18.7 Å². The van der Waals surface area contributed by atoms with Gasteiger partial charge in [0.1, 0.15) is 0 Å². The minimum Gasteiger partial charge on any atom is -0.466 e. The SMILES string of the molecule is CCOC(=O)Cc1ccc(-c2ccc(C(CC)(CC)c3ccc(C=CC(O)(C(F)(F)F)C(F)(F)F)c(C)c3)cc2C)nc1. The number of nitrogens with zero attached hydrogens (tertiary/aromatic N) is 1. The molecule has 1 N–H and O–H groups in total. The summed E-state index contributed by atoms with van der Waals surface area (Å²) in [6.07, 6.45) is -8.32. The quantitative estimate of drug-likeness (QED) is 0.186. The summed E-state index contributed by atoms with van der Waals surface area (Å²) in [4.78, 5) is 16.3. The summed E-state index contributed by atoms with van der Waals surface area (Å²) < 4.78 is 83.7. The number of halogens is 6. The lowest BCUT2D eigenvalue weighted by Gasteiger charge is -2.34. The van der Waals surface area contributed by atoms with Gasteiger partial charge in [-0.2, -0.15) is 26.3 Å². The smallest absolute Gasteiger partial charge is 0.430 e. The minimum atomic E-state index is -5.93. The molecule has 2 aromatic carbocycles. The number of aromatic nitrogens is 1. The molecule has 0 atom stereocenters. The predicted molar refractivity (Wildman–Crippen MR) is 153 cm³/mol. The Morgan fingerprint density at radius 1 is 0.860 bits per heavy atom. The van der Waals surface area contributed by atoms with Gasteiger partial charge in [0.2, 0.25) is 0 Å². The number of aryl methyl sites for hydroxylation is 2. The monoisotopic (exact) mass is 607 g/mol.